The Morgan fingerprint density at radius 1 is 0.895 bits per heavy atom. The second kappa shape index (κ2) is 7.96. The first-order chi connectivity index (χ1) is 9.40. The number of rotatable bonds is 6. The normalized spacial score (nSPS) is 12.7. The van der Waals surface area contributed by atoms with E-state index < -0.39 is 0 Å². The van der Waals surface area contributed by atoms with Gasteiger partial charge in [0.2, 0.25) is 0 Å². The van der Waals surface area contributed by atoms with Crippen LogP contribution in [0.5, 0.6) is 0 Å². The van der Waals surface area contributed by atoms with Crippen molar-refractivity contribution in [1.82, 2.24) is 0 Å². The lowest BCUT2D eigenvalue weighted by Gasteiger charge is -2.12. The van der Waals surface area contributed by atoms with Crippen LogP contribution in [0, 0.1) is 0 Å². The molecule has 0 saturated heterocycles. The summed E-state index contributed by atoms with van der Waals surface area (Å²) >= 11 is 3.52. The van der Waals surface area contributed by atoms with Gasteiger partial charge >= 0.3 is 0 Å². The highest BCUT2D eigenvalue weighted by molar-refractivity contribution is 9.09. The maximum atomic E-state index is 3.52. The summed E-state index contributed by atoms with van der Waals surface area (Å²) < 4.78 is 0. The Balaban J connectivity index is 2.12. The Bertz CT molecular complexity index is 488. The van der Waals surface area contributed by atoms with E-state index in [2.05, 4.69) is 88.7 Å². The topological polar surface area (TPSA) is 0 Å². The molecule has 0 fully saturated rings. The van der Waals surface area contributed by atoms with Gasteiger partial charge in [-0.25, -0.2) is 0 Å². The second-order valence-corrected chi connectivity index (χ2v) is 5.41. The first-order valence-corrected chi connectivity index (χ1v) is 7.86. The van der Waals surface area contributed by atoms with Gasteiger partial charge in [0.1, 0.15) is 0 Å². The molecule has 0 amide bonds. The molecule has 0 aliphatic carbocycles. The SMILES string of the molecule is BrCCCC(C=Cc1ccccc1)c1ccccc1. The summed E-state index contributed by atoms with van der Waals surface area (Å²) in [5, 5.41) is 1.06. The zero-order valence-corrected chi connectivity index (χ0v) is 12.6. The van der Waals surface area contributed by atoms with Gasteiger partial charge < -0.3 is 0 Å². The zero-order valence-electron chi connectivity index (χ0n) is 11.0. The predicted octanol–water partition coefficient (Wildman–Crippen LogP) is 5.66. The molecule has 0 heterocycles. The van der Waals surface area contributed by atoms with Gasteiger partial charge in [-0.05, 0) is 24.0 Å². The van der Waals surface area contributed by atoms with E-state index in [1.54, 1.807) is 0 Å². The standard InChI is InChI=1S/C18H19Br/c19-15-7-12-18(17-10-5-2-6-11-17)14-13-16-8-3-1-4-9-16/h1-6,8-11,13-14,18H,7,12,15H2. The third-order valence-electron chi connectivity index (χ3n) is 3.20. The molecule has 2 aromatic carbocycles. The number of benzene rings is 2. The van der Waals surface area contributed by atoms with Gasteiger partial charge in [0.15, 0.2) is 0 Å². The lowest BCUT2D eigenvalue weighted by Crippen LogP contribution is -1.95. The van der Waals surface area contributed by atoms with Crippen LogP contribution in [-0.2, 0) is 0 Å². The minimum absolute atomic E-state index is 0.499. The van der Waals surface area contributed by atoms with Gasteiger partial charge in [-0.1, -0.05) is 88.7 Å². The van der Waals surface area contributed by atoms with E-state index in [-0.39, 0.29) is 0 Å². The molecular formula is C18H19Br. The maximum Gasteiger partial charge on any atom is 0.00316 e. The van der Waals surface area contributed by atoms with Crippen molar-refractivity contribution in [3.05, 3.63) is 77.9 Å². The molecule has 0 aliphatic heterocycles. The van der Waals surface area contributed by atoms with Crippen molar-refractivity contribution >= 4 is 22.0 Å². The zero-order chi connectivity index (χ0) is 13.3. The van der Waals surface area contributed by atoms with Crippen LogP contribution in [0.1, 0.15) is 29.9 Å². The van der Waals surface area contributed by atoms with Gasteiger partial charge in [-0.15, -0.1) is 0 Å². The summed E-state index contributed by atoms with van der Waals surface area (Å²) in [5.74, 6) is 0.499. The molecule has 0 aromatic heterocycles. The quantitative estimate of drug-likeness (QED) is 0.603. The molecule has 1 heteroatoms. The molecule has 0 aliphatic rings. The Hall–Kier alpha value is -1.34. The minimum Gasteiger partial charge on any atom is -0.0928 e. The Morgan fingerprint density at radius 3 is 2.16 bits per heavy atom. The predicted molar refractivity (Wildman–Crippen MR) is 87.7 cm³/mol. The monoisotopic (exact) mass is 314 g/mol. The van der Waals surface area contributed by atoms with Crippen molar-refractivity contribution in [3.63, 3.8) is 0 Å². The van der Waals surface area contributed by atoms with Gasteiger partial charge in [0, 0.05) is 11.2 Å². The highest BCUT2D eigenvalue weighted by Crippen LogP contribution is 2.24. The molecule has 1 atom stereocenters. The first-order valence-electron chi connectivity index (χ1n) is 6.74. The van der Waals surface area contributed by atoms with Gasteiger partial charge in [0.25, 0.3) is 0 Å². The Labute approximate surface area is 124 Å². The molecule has 19 heavy (non-hydrogen) atoms. The van der Waals surface area contributed by atoms with Gasteiger partial charge in [-0.2, -0.15) is 0 Å². The van der Waals surface area contributed by atoms with Crippen LogP contribution in [-0.4, -0.2) is 5.33 Å². The van der Waals surface area contributed by atoms with Crippen molar-refractivity contribution in [2.24, 2.45) is 0 Å². The minimum atomic E-state index is 0.499. The van der Waals surface area contributed by atoms with E-state index in [9.17, 15) is 0 Å². The van der Waals surface area contributed by atoms with Crippen molar-refractivity contribution in [2.45, 2.75) is 18.8 Å². The van der Waals surface area contributed by atoms with Crippen LogP contribution in [0.15, 0.2) is 66.7 Å². The second-order valence-electron chi connectivity index (χ2n) is 4.62. The smallest absolute Gasteiger partial charge is 0.00316 e. The summed E-state index contributed by atoms with van der Waals surface area (Å²) in [5.41, 5.74) is 2.66. The third kappa shape index (κ3) is 4.68. The van der Waals surface area contributed by atoms with Crippen LogP contribution in [0.4, 0.5) is 0 Å². The van der Waals surface area contributed by atoms with E-state index >= 15 is 0 Å². The average molecular weight is 315 g/mol. The molecule has 0 radical (unpaired) electrons. The first kappa shape index (κ1) is 14.1. The average Bonchev–Trinajstić information content (AvgIpc) is 2.49. The summed E-state index contributed by atoms with van der Waals surface area (Å²) in [7, 11) is 0. The number of halogens is 1. The van der Waals surface area contributed by atoms with Crippen LogP contribution in [0.3, 0.4) is 0 Å². The van der Waals surface area contributed by atoms with Crippen molar-refractivity contribution in [1.29, 1.82) is 0 Å². The van der Waals surface area contributed by atoms with E-state index in [0.717, 1.165) is 5.33 Å². The van der Waals surface area contributed by atoms with Crippen LogP contribution in [0.25, 0.3) is 6.08 Å². The van der Waals surface area contributed by atoms with Crippen LogP contribution < -0.4 is 0 Å². The lowest BCUT2D eigenvalue weighted by molar-refractivity contribution is 0.727. The van der Waals surface area contributed by atoms with E-state index in [0.29, 0.717) is 5.92 Å². The maximum absolute atomic E-state index is 3.52. The molecule has 0 saturated carbocycles. The van der Waals surface area contributed by atoms with Gasteiger partial charge in [-0.3, -0.25) is 0 Å². The molecular weight excluding hydrogens is 296 g/mol. The van der Waals surface area contributed by atoms with E-state index in [1.165, 1.54) is 24.0 Å². The van der Waals surface area contributed by atoms with Crippen LogP contribution in [0.2, 0.25) is 0 Å². The van der Waals surface area contributed by atoms with Gasteiger partial charge in [0.05, 0.1) is 0 Å². The summed E-state index contributed by atoms with van der Waals surface area (Å²) in [6.45, 7) is 0. The highest BCUT2D eigenvalue weighted by atomic mass is 79.9. The number of hydrogen-bond acceptors (Lipinski definition) is 0. The van der Waals surface area contributed by atoms with E-state index in [1.807, 2.05) is 0 Å². The highest BCUT2D eigenvalue weighted by Gasteiger charge is 2.06. The van der Waals surface area contributed by atoms with Crippen molar-refractivity contribution < 1.29 is 0 Å². The molecule has 0 N–H and O–H groups in total. The molecule has 1 unspecified atom stereocenters. The third-order valence-corrected chi connectivity index (χ3v) is 3.76. The van der Waals surface area contributed by atoms with Crippen LogP contribution >= 0.6 is 15.9 Å². The van der Waals surface area contributed by atoms with Crippen molar-refractivity contribution in [3.8, 4) is 0 Å². The number of hydrogen-bond donors (Lipinski definition) is 0. The summed E-state index contributed by atoms with van der Waals surface area (Å²) in [6, 6.07) is 21.2. The summed E-state index contributed by atoms with van der Waals surface area (Å²) in [4.78, 5) is 0. The molecule has 0 spiro atoms. The largest absolute Gasteiger partial charge is 0.0928 e. The molecule has 0 nitrogen and oxygen atoms in total. The molecule has 2 rings (SSSR count). The Morgan fingerprint density at radius 2 is 1.53 bits per heavy atom. The fraction of sp³-hybridized carbons (Fsp3) is 0.222. The fourth-order valence-electron chi connectivity index (χ4n) is 2.16. The molecule has 0 bridgehead atoms. The number of alkyl halides is 1. The van der Waals surface area contributed by atoms with Crippen molar-refractivity contribution in [2.75, 3.05) is 5.33 Å². The lowest BCUT2D eigenvalue weighted by atomic mass is 9.93. The fourth-order valence-corrected chi connectivity index (χ4v) is 2.49. The Kier molecular flexibility index (Phi) is 5.90. The number of allylic oxidation sites excluding steroid dienone is 1. The summed E-state index contributed by atoms with van der Waals surface area (Å²) in [6.07, 6.45) is 6.93. The molecule has 2 aromatic rings. The van der Waals surface area contributed by atoms with E-state index in [4.69, 9.17) is 0 Å². The molecule has 98 valence electrons.